The van der Waals surface area contributed by atoms with Gasteiger partial charge in [0.25, 0.3) is 4.64 Å². The monoisotopic (exact) mass is 298 g/mol. The molecule has 0 bridgehead atoms. The van der Waals surface area contributed by atoms with E-state index >= 15 is 0 Å². The average Bonchev–Trinajstić information content (AvgIpc) is 1.71. The van der Waals surface area contributed by atoms with Gasteiger partial charge in [-0.15, -0.1) is 0 Å². The first-order valence-electron chi connectivity index (χ1n) is 3.86. The van der Waals surface area contributed by atoms with Crippen molar-refractivity contribution in [2.24, 2.45) is 5.92 Å². The molecule has 0 aliphatic heterocycles. The van der Waals surface area contributed by atoms with E-state index in [1.54, 1.807) is 0 Å². The first-order valence-corrected chi connectivity index (χ1v) is 8.70. The molecule has 0 atom stereocenters. The maximum Gasteiger partial charge on any atom is 0.356 e. The molecule has 6 N–H and O–H groups in total. The molecule has 0 fully saturated rings. The predicted octanol–water partition coefficient (Wildman–Crippen LogP) is -0.171. The summed E-state index contributed by atoms with van der Waals surface area (Å²) in [5.41, 5.74) is 0. The highest BCUT2D eigenvalue weighted by Gasteiger charge is 2.73. The van der Waals surface area contributed by atoms with E-state index in [0.717, 1.165) is 13.8 Å². The van der Waals surface area contributed by atoms with Gasteiger partial charge in [-0.05, 0) is 5.92 Å². The number of hydrogen-bond acceptors (Lipinski definition) is 3. The molecule has 0 rings (SSSR count). The van der Waals surface area contributed by atoms with Crippen molar-refractivity contribution in [2.75, 3.05) is 0 Å². The van der Waals surface area contributed by atoms with E-state index in [-0.39, 0.29) is 0 Å². The standard InChI is InChI=1S/C4H13O9P3/c1-3(2)4(14(5,6)7,15(8,9)10)16(11,12)13/h3H,1-2H3,(H2,5,6,7)(H2,8,9,10)(H2,11,12,13). The van der Waals surface area contributed by atoms with Gasteiger partial charge < -0.3 is 29.4 Å². The summed E-state index contributed by atoms with van der Waals surface area (Å²) in [6.07, 6.45) is 0. The first-order chi connectivity index (χ1) is 6.69. The lowest BCUT2D eigenvalue weighted by Crippen LogP contribution is -2.34. The maximum absolute atomic E-state index is 11.1. The van der Waals surface area contributed by atoms with E-state index in [0.29, 0.717) is 0 Å². The van der Waals surface area contributed by atoms with Gasteiger partial charge in [-0.25, -0.2) is 0 Å². The van der Waals surface area contributed by atoms with Crippen molar-refractivity contribution in [3.8, 4) is 0 Å². The van der Waals surface area contributed by atoms with E-state index in [2.05, 4.69) is 0 Å². The molecule has 0 radical (unpaired) electrons. The smallest absolute Gasteiger partial charge is 0.323 e. The normalized spacial score (nSPS) is 15.6. The average molecular weight is 298 g/mol. The third-order valence-electron chi connectivity index (χ3n) is 2.06. The molecule has 98 valence electrons. The minimum atomic E-state index is -5.73. The summed E-state index contributed by atoms with van der Waals surface area (Å²) in [5.74, 6) is -1.62. The summed E-state index contributed by atoms with van der Waals surface area (Å²) in [7, 11) is -17.2. The van der Waals surface area contributed by atoms with Gasteiger partial charge in [0.05, 0.1) is 0 Å². The van der Waals surface area contributed by atoms with Crippen LogP contribution in [0.1, 0.15) is 13.8 Å². The summed E-state index contributed by atoms with van der Waals surface area (Å²) in [4.78, 5) is 53.4. The van der Waals surface area contributed by atoms with Gasteiger partial charge >= 0.3 is 22.8 Å². The summed E-state index contributed by atoms with van der Waals surface area (Å²) < 4.78 is 29.6. The highest BCUT2D eigenvalue weighted by atomic mass is 31.3. The summed E-state index contributed by atoms with van der Waals surface area (Å²) in [6, 6.07) is 0. The lowest BCUT2D eigenvalue weighted by molar-refractivity contribution is 0.280. The van der Waals surface area contributed by atoms with E-state index < -0.39 is 33.3 Å². The molecule has 12 heteroatoms. The Morgan fingerprint density at radius 2 is 0.938 bits per heavy atom. The Bertz CT molecular complexity index is 340. The van der Waals surface area contributed by atoms with Gasteiger partial charge in [0.2, 0.25) is 0 Å². The van der Waals surface area contributed by atoms with Gasteiger partial charge in [-0.1, -0.05) is 13.8 Å². The van der Waals surface area contributed by atoms with Crippen molar-refractivity contribution in [2.45, 2.75) is 18.5 Å². The van der Waals surface area contributed by atoms with Crippen LogP contribution in [0.5, 0.6) is 0 Å². The zero-order valence-corrected chi connectivity index (χ0v) is 11.0. The quantitative estimate of drug-likeness (QED) is 0.385. The summed E-state index contributed by atoms with van der Waals surface area (Å²) in [6.45, 7) is 1.83. The third-order valence-corrected chi connectivity index (χ3v) is 10.9. The Morgan fingerprint density at radius 3 is 0.938 bits per heavy atom. The van der Waals surface area contributed by atoms with Crippen molar-refractivity contribution < 1.29 is 43.1 Å². The van der Waals surface area contributed by atoms with Crippen LogP contribution in [0.25, 0.3) is 0 Å². The molecular formula is C4H13O9P3. The fourth-order valence-electron chi connectivity index (χ4n) is 1.52. The molecular weight excluding hydrogens is 285 g/mol. The second-order valence-corrected chi connectivity index (χ2v) is 9.91. The second kappa shape index (κ2) is 4.28. The van der Waals surface area contributed by atoms with Crippen molar-refractivity contribution in [1.82, 2.24) is 0 Å². The largest absolute Gasteiger partial charge is 0.356 e. The zero-order valence-electron chi connectivity index (χ0n) is 8.33. The van der Waals surface area contributed by atoms with Gasteiger partial charge in [0.15, 0.2) is 0 Å². The first kappa shape index (κ1) is 16.4. The fraction of sp³-hybridized carbons (Fsp3) is 1.00. The highest BCUT2D eigenvalue weighted by Crippen LogP contribution is 2.85. The fourth-order valence-corrected chi connectivity index (χ4v) is 7.61. The van der Waals surface area contributed by atoms with Crippen molar-refractivity contribution in [3.63, 3.8) is 0 Å². The summed E-state index contributed by atoms with van der Waals surface area (Å²) in [5, 5.41) is 0. The third kappa shape index (κ3) is 2.34. The van der Waals surface area contributed by atoms with Crippen LogP contribution in [0.15, 0.2) is 0 Å². The maximum atomic E-state index is 11.1. The van der Waals surface area contributed by atoms with Gasteiger partial charge in [0, 0.05) is 0 Å². The Hall–Kier alpha value is 0.450. The lowest BCUT2D eigenvalue weighted by Gasteiger charge is -2.37. The van der Waals surface area contributed by atoms with Crippen molar-refractivity contribution in [3.05, 3.63) is 0 Å². The van der Waals surface area contributed by atoms with Crippen molar-refractivity contribution in [1.29, 1.82) is 0 Å². The molecule has 0 aliphatic rings. The zero-order chi connectivity index (χ0) is 13.6. The Kier molecular flexibility index (Phi) is 4.40. The van der Waals surface area contributed by atoms with Crippen LogP contribution in [-0.2, 0) is 13.7 Å². The van der Waals surface area contributed by atoms with Crippen LogP contribution in [0, 0.1) is 5.92 Å². The van der Waals surface area contributed by atoms with Crippen LogP contribution < -0.4 is 0 Å². The number of hydrogen-bond donors (Lipinski definition) is 6. The van der Waals surface area contributed by atoms with Crippen LogP contribution in [0.2, 0.25) is 0 Å². The SMILES string of the molecule is CC(C)C(P(=O)(O)O)(P(=O)(O)O)P(=O)(O)O. The topological polar surface area (TPSA) is 173 Å². The summed E-state index contributed by atoms with van der Waals surface area (Å²) >= 11 is 0. The molecule has 0 aromatic rings. The highest BCUT2D eigenvalue weighted by molar-refractivity contribution is 7.88. The molecule has 0 saturated heterocycles. The minimum Gasteiger partial charge on any atom is -0.323 e. The van der Waals surface area contributed by atoms with Crippen LogP contribution in [0.3, 0.4) is 0 Å². The molecule has 0 aromatic heterocycles. The molecule has 0 unspecified atom stereocenters. The number of rotatable bonds is 4. The van der Waals surface area contributed by atoms with Crippen LogP contribution >= 0.6 is 22.8 Å². The van der Waals surface area contributed by atoms with E-state index in [1.807, 2.05) is 0 Å². The van der Waals surface area contributed by atoms with Crippen molar-refractivity contribution >= 4 is 22.8 Å². The lowest BCUT2D eigenvalue weighted by atomic mass is 10.3. The molecule has 0 aliphatic carbocycles. The Morgan fingerprint density at radius 1 is 0.750 bits per heavy atom. The van der Waals surface area contributed by atoms with Gasteiger partial charge in [-0.3, -0.25) is 13.7 Å². The molecule has 16 heavy (non-hydrogen) atoms. The minimum absolute atomic E-state index is 0.914. The predicted molar refractivity (Wildman–Crippen MR) is 53.7 cm³/mol. The van der Waals surface area contributed by atoms with E-state index in [1.165, 1.54) is 0 Å². The van der Waals surface area contributed by atoms with E-state index in [4.69, 9.17) is 29.4 Å². The Balaban J connectivity index is 6.42. The molecule has 0 heterocycles. The van der Waals surface area contributed by atoms with E-state index in [9.17, 15) is 13.7 Å². The Labute approximate surface area is 91.0 Å². The molecule has 0 saturated carbocycles. The van der Waals surface area contributed by atoms with Crippen LogP contribution in [-0.4, -0.2) is 34.0 Å². The van der Waals surface area contributed by atoms with Gasteiger partial charge in [0.1, 0.15) is 0 Å². The molecule has 0 aromatic carbocycles. The van der Waals surface area contributed by atoms with Crippen LogP contribution in [0.4, 0.5) is 0 Å². The molecule has 0 amide bonds. The molecule has 9 nitrogen and oxygen atoms in total. The molecule has 0 spiro atoms. The van der Waals surface area contributed by atoms with Gasteiger partial charge in [-0.2, -0.15) is 0 Å². The second-order valence-electron chi connectivity index (χ2n) is 3.47.